The quantitative estimate of drug-likeness (QED) is 0.681. The van der Waals surface area contributed by atoms with E-state index in [1.54, 1.807) is 40.1 Å². The van der Waals surface area contributed by atoms with E-state index in [2.05, 4.69) is 5.32 Å². The van der Waals surface area contributed by atoms with Crippen LogP contribution in [-0.4, -0.2) is 28.2 Å². The predicted molar refractivity (Wildman–Crippen MR) is 88.3 cm³/mol. The lowest BCUT2D eigenvalue weighted by atomic mass is 10.3. The Morgan fingerprint density at radius 2 is 2.09 bits per heavy atom. The fourth-order valence-electron chi connectivity index (χ4n) is 2.21. The van der Waals surface area contributed by atoms with E-state index in [9.17, 15) is 14.9 Å². The van der Waals surface area contributed by atoms with Crippen LogP contribution in [0.1, 0.15) is 10.3 Å². The molecular formula is C14H13N3O3S2. The molecule has 1 saturated heterocycles. The Kier molecular flexibility index (Phi) is 4.30. The molecule has 1 N–H and O–H groups in total. The zero-order valence-corrected chi connectivity index (χ0v) is 13.1. The van der Waals surface area contributed by atoms with Gasteiger partial charge >= 0.3 is 6.03 Å². The Bertz CT molecular complexity index is 673. The van der Waals surface area contributed by atoms with Gasteiger partial charge < -0.3 is 10.2 Å². The van der Waals surface area contributed by atoms with Crippen LogP contribution in [0.3, 0.4) is 0 Å². The summed E-state index contributed by atoms with van der Waals surface area (Å²) >= 11 is 3.37. The summed E-state index contributed by atoms with van der Waals surface area (Å²) in [4.78, 5) is 25.5. The number of hydrogen-bond donors (Lipinski definition) is 1. The van der Waals surface area contributed by atoms with E-state index in [0.717, 1.165) is 10.6 Å². The molecule has 0 aliphatic carbocycles. The first kappa shape index (κ1) is 14.9. The van der Waals surface area contributed by atoms with Crippen molar-refractivity contribution in [3.63, 3.8) is 0 Å². The molecule has 2 amide bonds. The third-order valence-corrected chi connectivity index (χ3v) is 5.58. The van der Waals surface area contributed by atoms with Gasteiger partial charge in [-0.25, -0.2) is 4.79 Å². The minimum Gasteiger partial charge on any atom is -0.308 e. The predicted octanol–water partition coefficient (Wildman–Crippen LogP) is 3.94. The lowest BCUT2D eigenvalue weighted by Gasteiger charge is -2.23. The molecule has 6 nitrogen and oxygen atoms in total. The Morgan fingerprint density at radius 3 is 2.73 bits per heavy atom. The number of amides is 2. The van der Waals surface area contributed by atoms with Crippen LogP contribution < -0.4 is 5.32 Å². The van der Waals surface area contributed by atoms with Gasteiger partial charge in [-0.15, -0.1) is 23.1 Å². The number of nitro benzene ring substituents is 1. The van der Waals surface area contributed by atoms with Crippen LogP contribution in [0.5, 0.6) is 0 Å². The first-order valence-electron chi connectivity index (χ1n) is 6.62. The summed E-state index contributed by atoms with van der Waals surface area (Å²) in [7, 11) is 0. The molecule has 0 saturated carbocycles. The Balaban J connectivity index is 1.69. The Labute approximate surface area is 135 Å². The summed E-state index contributed by atoms with van der Waals surface area (Å²) in [5.74, 6) is 0.899. The minimum absolute atomic E-state index is 0.00573. The van der Waals surface area contributed by atoms with E-state index in [0.29, 0.717) is 12.2 Å². The molecule has 8 heteroatoms. The van der Waals surface area contributed by atoms with Crippen LogP contribution in [0.15, 0.2) is 41.8 Å². The van der Waals surface area contributed by atoms with Gasteiger partial charge in [-0.2, -0.15) is 0 Å². The number of nitrogens with one attached hydrogen (secondary N) is 1. The highest BCUT2D eigenvalue weighted by Gasteiger charge is 2.31. The third-order valence-electron chi connectivity index (χ3n) is 3.27. The van der Waals surface area contributed by atoms with Gasteiger partial charge in [-0.05, 0) is 23.6 Å². The van der Waals surface area contributed by atoms with Crippen molar-refractivity contribution < 1.29 is 9.72 Å². The summed E-state index contributed by atoms with van der Waals surface area (Å²) in [6.07, 6.45) is 0. The molecule has 1 aliphatic heterocycles. The fraction of sp³-hybridized carbons (Fsp3) is 0.214. The summed E-state index contributed by atoms with van der Waals surface area (Å²) in [5, 5.41) is 15.5. The van der Waals surface area contributed by atoms with E-state index in [1.165, 1.54) is 12.1 Å². The molecule has 1 aromatic heterocycles. The van der Waals surface area contributed by atoms with Crippen molar-refractivity contribution in [2.24, 2.45) is 0 Å². The SMILES string of the molecule is O=C(Nc1ccc([N+](=O)[O-])cc1)N1CCS[C@@H]1c1cccs1. The maximum Gasteiger partial charge on any atom is 0.323 e. The van der Waals surface area contributed by atoms with Gasteiger partial charge in [-0.1, -0.05) is 6.07 Å². The van der Waals surface area contributed by atoms with Crippen molar-refractivity contribution in [2.45, 2.75) is 5.37 Å². The molecule has 1 aromatic carbocycles. The van der Waals surface area contributed by atoms with Gasteiger partial charge in [0, 0.05) is 35.0 Å². The van der Waals surface area contributed by atoms with Crippen molar-refractivity contribution in [1.82, 2.24) is 4.90 Å². The second-order valence-corrected chi connectivity index (χ2v) is 6.83. The summed E-state index contributed by atoms with van der Waals surface area (Å²) < 4.78 is 0. The number of thioether (sulfide) groups is 1. The van der Waals surface area contributed by atoms with Crippen molar-refractivity contribution in [2.75, 3.05) is 17.6 Å². The molecule has 1 atom stereocenters. The van der Waals surface area contributed by atoms with Crippen LogP contribution in [0.4, 0.5) is 16.2 Å². The third kappa shape index (κ3) is 3.07. The van der Waals surface area contributed by atoms with Crippen molar-refractivity contribution in [3.05, 3.63) is 56.8 Å². The lowest BCUT2D eigenvalue weighted by Crippen LogP contribution is -2.34. The minimum atomic E-state index is -0.463. The van der Waals surface area contributed by atoms with E-state index in [-0.39, 0.29) is 17.1 Å². The zero-order valence-electron chi connectivity index (χ0n) is 11.5. The topological polar surface area (TPSA) is 75.5 Å². The fourth-order valence-corrected chi connectivity index (χ4v) is 4.44. The van der Waals surface area contributed by atoms with E-state index in [4.69, 9.17) is 0 Å². The highest BCUT2D eigenvalue weighted by Crippen LogP contribution is 2.40. The van der Waals surface area contributed by atoms with Crippen LogP contribution in [0.2, 0.25) is 0 Å². The number of nitro groups is 1. The Hall–Kier alpha value is -2.06. The number of thiophene rings is 1. The molecule has 0 unspecified atom stereocenters. The lowest BCUT2D eigenvalue weighted by molar-refractivity contribution is -0.384. The molecule has 0 radical (unpaired) electrons. The summed E-state index contributed by atoms with van der Waals surface area (Å²) in [5.41, 5.74) is 0.559. The van der Waals surface area contributed by atoms with Crippen LogP contribution in [0.25, 0.3) is 0 Å². The molecule has 0 bridgehead atoms. The van der Waals surface area contributed by atoms with Gasteiger partial charge in [0.1, 0.15) is 5.37 Å². The molecule has 1 fully saturated rings. The average molecular weight is 335 g/mol. The number of anilines is 1. The van der Waals surface area contributed by atoms with E-state index < -0.39 is 4.92 Å². The molecule has 0 spiro atoms. The zero-order chi connectivity index (χ0) is 15.5. The normalized spacial score (nSPS) is 17.5. The van der Waals surface area contributed by atoms with Gasteiger partial charge in [0.2, 0.25) is 0 Å². The summed E-state index contributed by atoms with van der Waals surface area (Å²) in [6, 6.07) is 9.66. The highest BCUT2D eigenvalue weighted by atomic mass is 32.2. The Morgan fingerprint density at radius 1 is 1.32 bits per heavy atom. The van der Waals surface area contributed by atoms with Crippen LogP contribution in [0, 0.1) is 10.1 Å². The number of carbonyl (C=O) groups excluding carboxylic acids is 1. The number of carbonyl (C=O) groups is 1. The molecule has 1 aliphatic rings. The maximum atomic E-state index is 12.4. The van der Waals surface area contributed by atoms with Crippen molar-refractivity contribution in [3.8, 4) is 0 Å². The number of urea groups is 1. The van der Waals surface area contributed by atoms with E-state index in [1.807, 2.05) is 17.5 Å². The molecule has 22 heavy (non-hydrogen) atoms. The van der Waals surface area contributed by atoms with E-state index >= 15 is 0 Å². The second kappa shape index (κ2) is 6.37. The largest absolute Gasteiger partial charge is 0.323 e. The van der Waals surface area contributed by atoms with Gasteiger partial charge in [0.15, 0.2) is 0 Å². The first-order chi connectivity index (χ1) is 10.6. The summed E-state index contributed by atoms with van der Waals surface area (Å²) in [6.45, 7) is 0.687. The number of non-ortho nitro benzene ring substituents is 1. The molecule has 2 aromatic rings. The van der Waals surface area contributed by atoms with Crippen molar-refractivity contribution in [1.29, 1.82) is 0 Å². The van der Waals surface area contributed by atoms with Gasteiger partial charge in [0.05, 0.1) is 4.92 Å². The standard InChI is InChI=1S/C14H13N3O3S2/c18-14(15-10-3-5-11(6-4-10)17(19)20)16-7-9-22-13(16)12-2-1-8-21-12/h1-6,8,13H,7,9H2,(H,15,18)/t13-/m1/s1. The average Bonchev–Trinajstić information content (AvgIpc) is 3.18. The molecular weight excluding hydrogens is 322 g/mol. The molecule has 114 valence electrons. The van der Waals surface area contributed by atoms with Crippen LogP contribution >= 0.6 is 23.1 Å². The van der Waals surface area contributed by atoms with Gasteiger partial charge in [0.25, 0.3) is 5.69 Å². The van der Waals surface area contributed by atoms with Crippen molar-refractivity contribution >= 4 is 40.5 Å². The number of hydrogen-bond acceptors (Lipinski definition) is 5. The molecule has 2 heterocycles. The second-order valence-electron chi connectivity index (χ2n) is 4.67. The number of benzene rings is 1. The van der Waals surface area contributed by atoms with Gasteiger partial charge in [-0.3, -0.25) is 10.1 Å². The molecule has 3 rings (SSSR count). The first-order valence-corrected chi connectivity index (χ1v) is 8.55. The smallest absolute Gasteiger partial charge is 0.308 e. The van der Waals surface area contributed by atoms with Crippen LogP contribution in [-0.2, 0) is 0 Å². The number of nitrogens with zero attached hydrogens (tertiary/aromatic N) is 2. The maximum absolute atomic E-state index is 12.4. The monoisotopic (exact) mass is 335 g/mol. The number of rotatable bonds is 3. The highest BCUT2D eigenvalue weighted by molar-refractivity contribution is 7.99.